The third kappa shape index (κ3) is 4.09. The third-order valence-electron chi connectivity index (χ3n) is 6.45. The van der Waals surface area contributed by atoms with E-state index in [1.807, 2.05) is 0 Å². The molecule has 1 saturated heterocycles. The first-order valence-electron chi connectivity index (χ1n) is 10.7. The number of halogens is 3. The number of benzene rings is 2. The van der Waals surface area contributed by atoms with Crippen molar-refractivity contribution in [3.63, 3.8) is 0 Å². The lowest BCUT2D eigenvalue weighted by Gasteiger charge is -2.39. The number of amides is 4. The van der Waals surface area contributed by atoms with Crippen molar-refractivity contribution in [1.82, 2.24) is 15.5 Å². The largest absolute Gasteiger partial charge is 0.352 e. The molecule has 12 heteroatoms. The van der Waals surface area contributed by atoms with Crippen LogP contribution in [0.1, 0.15) is 45.8 Å². The van der Waals surface area contributed by atoms with Gasteiger partial charge in [-0.2, -0.15) is 8.78 Å². The quantitative estimate of drug-likeness (QED) is 0.479. The Kier molecular flexibility index (Phi) is 6.01. The molecule has 2 aromatic rings. The van der Waals surface area contributed by atoms with Crippen LogP contribution < -0.4 is 10.6 Å². The summed E-state index contributed by atoms with van der Waals surface area (Å²) < 4.78 is 29.2. The number of piperidine rings is 1. The molecule has 0 radical (unpaired) electrons. The van der Waals surface area contributed by atoms with Gasteiger partial charge in [0.2, 0.25) is 11.8 Å². The van der Waals surface area contributed by atoms with Crippen LogP contribution in [0.2, 0.25) is 5.02 Å². The van der Waals surface area contributed by atoms with Gasteiger partial charge in [0, 0.05) is 35.1 Å². The fourth-order valence-corrected chi connectivity index (χ4v) is 4.35. The fourth-order valence-electron chi connectivity index (χ4n) is 4.22. The van der Waals surface area contributed by atoms with E-state index in [1.165, 1.54) is 17.0 Å². The monoisotopic (exact) mass is 485 g/mol. The smallest absolute Gasteiger partial charge is 0.349 e. The van der Waals surface area contributed by atoms with E-state index in [0.717, 1.165) is 12.1 Å². The Balaban J connectivity index is 1.51. The van der Waals surface area contributed by atoms with Crippen molar-refractivity contribution in [2.24, 2.45) is 0 Å². The molecule has 0 bridgehead atoms. The highest BCUT2D eigenvalue weighted by atomic mass is 35.5. The van der Waals surface area contributed by atoms with Gasteiger partial charge in [0.25, 0.3) is 11.8 Å². The van der Waals surface area contributed by atoms with Crippen LogP contribution in [0.3, 0.4) is 0 Å². The maximum absolute atomic E-state index is 14.6. The van der Waals surface area contributed by atoms with Gasteiger partial charge in [-0.05, 0) is 35.7 Å². The van der Waals surface area contributed by atoms with Crippen molar-refractivity contribution >= 4 is 50.9 Å². The average Bonchev–Trinajstić information content (AvgIpc) is 3.13. The van der Waals surface area contributed by atoms with Crippen LogP contribution >= 0.6 is 11.6 Å². The first-order chi connectivity index (χ1) is 15.9. The molecule has 2 aliphatic rings. The number of imide groups is 1. The Bertz CT molecular complexity index is 1210. The standard InChI is InChI=1S/C22H20B2ClF2N3O4/c23-17(29-20(34)22(26,27)13-2-4-14(25)5-3-13)11-1-6-15-12(9-11)10-30(18(15)32)21(24)8-7-16(31)28-19(21)33/h1-6,9,17H,7-8,10,23-24H2,(H,29,34)(H,28,31,33)/t17?,21-/m0/s1. The van der Waals surface area contributed by atoms with E-state index in [1.54, 1.807) is 33.9 Å². The number of nitrogens with zero attached hydrogens (tertiary/aromatic N) is 1. The highest BCUT2D eigenvalue weighted by Crippen LogP contribution is 2.34. The molecule has 2 aromatic carbocycles. The highest BCUT2D eigenvalue weighted by molar-refractivity contribution is 6.32. The molecule has 2 N–H and O–H groups in total. The topological polar surface area (TPSA) is 95.6 Å². The summed E-state index contributed by atoms with van der Waals surface area (Å²) in [7, 11) is 3.18. The van der Waals surface area contributed by atoms with Gasteiger partial charge in [0.15, 0.2) is 0 Å². The first kappa shape index (κ1) is 23.9. The Morgan fingerprint density at radius 2 is 1.85 bits per heavy atom. The molecule has 7 nitrogen and oxygen atoms in total. The van der Waals surface area contributed by atoms with Crippen molar-refractivity contribution in [1.29, 1.82) is 0 Å². The summed E-state index contributed by atoms with van der Waals surface area (Å²) in [5.74, 6) is -7.26. The summed E-state index contributed by atoms with van der Waals surface area (Å²) in [5, 5.41) is 4.88. The second-order valence-corrected chi connectivity index (χ2v) is 9.17. The van der Waals surface area contributed by atoms with E-state index >= 15 is 0 Å². The van der Waals surface area contributed by atoms with Gasteiger partial charge in [-0.1, -0.05) is 35.9 Å². The van der Waals surface area contributed by atoms with Crippen molar-refractivity contribution in [2.75, 3.05) is 0 Å². The predicted octanol–water partition coefficient (Wildman–Crippen LogP) is 0.602. The Morgan fingerprint density at radius 1 is 1.18 bits per heavy atom. The zero-order valence-corrected chi connectivity index (χ0v) is 19.2. The molecule has 4 amide bonds. The van der Waals surface area contributed by atoms with Crippen LogP contribution in [0.4, 0.5) is 8.78 Å². The minimum atomic E-state index is -3.76. The maximum Gasteiger partial charge on any atom is 0.349 e. The lowest BCUT2D eigenvalue weighted by Crippen LogP contribution is -2.63. The van der Waals surface area contributed by atoms with E-state index in [4.69, 9.17) is 11.6 Å². The summed E-state index contributed by atoms with van der Waals surface area (Å²) in [5.41, 5.74) is -0.125. The number of fused-ring (bicyclic) bond motifs is 1. The summed E-state index contributed by atoms with van der Waals surface area (Å²) in [6, 6.07) is 9.56. The summed E-state index contributed by atoms with van der Waals surface area (Å²) in [6.07, 6.45) is 0.328. The average molecular weight is 485 g/mol. The number of carbonyl (C=O) groups excluding carboxylic acids is 4. The van der Waals surface area contributed by atoms with Gasteiger partial charge in [0.05, 0.1) is 5.44 Å². The number of hydrogen-bond donors (Lipinski definition) is 2. The summed E-state index contributed by atoms with van der Waals surface area (Å²) in [6.45, 7) is 0.127. The first-order valence-corrected chi connectivity index (χ1v) is 11.0. The molecule has 4 rings (SSSR count). The van der Waals surface area contributed by atoms with Crippen LogP contribution in [-0.2, 0) is 26.9 Å². The minimum Gasteiger partial charge on any atom is -0.352 e. The Morgan fingerprint density at radius 3 is 2.50 bits per heavy atom. The second-order valence-electron chi connectivity index (χ2n) is 8.74. The molecule has 34 heavy (non-hydrogen) atoms. The van der Waals surface area contributed by atoms with E-state index in [0.29, 0.717) is 16.7 Å². The van der Waals surface area contributed by atoms with E-state index in [-0.39, 0.29) is 36.2 Å². The van der Waals surface area contributed by atoms with Crippen molar-refractivity contribution < 1.29 is 28.0 Å². The van der Waals surface area contributed by atoms with E-state index < -0.39 is 34.7 Å². The van der Waals surface area contributed by atoms with Gasteiger partial charge in [-0.25, -0.2) is 0 Å². The molecule has 2 aliphatic heterocycles. The number of rotatable bonds is 5. The molecular formula is C22H20B2ClF2N3O4. The van der Waals surface area contributed by atoms with Crippen molar-refractivity contribution in [3.8, 4) is 0 Å². The number of carbonyl (C=O) groups is 4. The molecule has 0 saturated carbocycles. The van der Waals surface area contributed by atoms with Gasteiger partial charge >= 0.3 is 5.92 Å². The SMILES string of the molecule is BC(NC(=O)C(F)(F)c1ccc(Cl)cc1)c1ccc2c(c1)CN([C@@]1(B)CCC(=O)NC1=O)C2=O. The van der Waals surface area contributed by atoms with Crippen LogP contribution in [0.25, 0.3) is 0 Å². The number of hydrogen-bond acceptors (Lipinski definition) is 4. The molecule has 0 spiro atoms. The fraction of sp³-hybridized carbons (Fsp3) is 0.273. The minimum absolute atomic E-state index is 0.124. The normalized spacial score (nSPS) is 21.1. The third-order valence-corrected chi connectivity index (χ3v) is 6.70. The van der Waals surface area contributed by atoms with Gasteiger partial charge in [0.1, 0.15) is 15.7 Å². The Hall–Kier alpha value is -3.20. The molecular weight excluding hydrogens is 465 g/mol. The molecule has 0 aliphatic carbocycles. The van der Waals surface area contributed by atoms with Gasteiger partial charge < -0.3 is 10.2 Å². The highest BCUT2D eigenvalue weighted by Gasteiger charge is 2.48. The maximum atomic E-state index is 14.6. The lowest BCUT2D eigenvalue weighted by molar-refractivity contribution is -0.147. The lowest BCUT2D eigenvalue weighted by atomic mass is 9.70. The van der Waals surface area contributed by atoms with Gasteiger partial charge in [-0.3, -0.25) is 24.5 Å². The van der Waals surface area contributed by atoms with E-state index in [2.05, 4.69) is 10.6 Å². The molecule has 2 atom stereocenters. The van der Waals surface area contributed by atoms with Crippen LogP contribution in [0.5, 0.6) is 0 Å². The molecule has 2 heterocycles. The zero-order valence-electron chi connectivity index (χ0n) is 18.5. The molecule has 0 aromatic heterocycles. The Labute approximate surface area is 201 Å². The van der Waals surface area contributed by atoms with Gasteiger partial charge in [-0.15, -0.1) is 0 Å². The van der Waals surface area contributed by atoms with Crippen molar-refractivity contribution in [3.05, 3.63) is 69.7 Å². The number of alkyl halides is 2. The zero-order chi connectivity index (χ0) is 24.8. The predicted molar refractivity (Wildman–Crippen MR) is 125 cm³/mol. The van der Waals surface area contributed by atoms with Crippen LogP contribution in [0.15, 0.2) is 42.5 Å². The van der Waals surface area contributed by atoms with Crippen LogP contribution in [0, 0.1) is 0 Å². The number of nitrogens with one attached hydrogen (secondary N) is 2. The van der Waals surface area contributed by atoms with Crippen molar-refractivity contribution in [2.45, 2.75) is 36.7 Å². The molecule has 1 unspecified atom stereocenters. The molecule has 1 fully saturated rings. The van der Waals surface area contributed by atoms with Crippen LogP contribution in [-0.4, -0.2) is 49.7 Å². The molecule has 174 valence electrons. The summed E-state index contributed by atoms with van der Waals surface area (Å²) >= 11 is 5.74. The second kappa shape index (κ2) is 8.54. The van der Waals surface area contributed by atoms with E-state index in [9.17, 15) is 28.0 Å². The summed E-state index contributed by atoms with van der Waals surface area (Å²) in [4.78, 5) is 50.8.